The number of aryl methyl sites for hydroxylation is 1. The van der Waals surface area contributed by atoms with Crippen molar-refractivity contribution >= 4 is 16.8 Å². The van der Waals surface area contributed by atoms with Crippen LogP contribution in [0.25, 0.3) is 10.9 Å². The second-order valence-electron chi connectivity index (χ2n) is 3.06. The molecule has 0 spiro atoms. The molecule has 1 heterocycles. The average Bonchev–Trinajstić information content (AvgIpc) is 2.48. The number of aromatic nitrogens is 1. The first-order chi connectivity index (χ1) is 6.20. The van der Waals surface area contributed by atoms with E-state index in [2.05, 4.69) is 4.98 Å². The van der Waals surface area contributed by atoms with Gasteiger partial charge in [-0.3, -0.25) is 4.79 Å². The van der Waals surface area contributed by atoms with Crippen molar-refractivity contribution in [1.29, 1.82) is 0 Å². The van der Waals surface area contributed by atoms with Gasteiger partial charge in [0.15, 0.2) is 0 Å². The van der Waals surface area contributed by atoms with Gasteiger partial charge in [0.25, 0.3) is 0 Å². The first-order valence-corrected chi connectivity index (χ1v) is 4.06. The Morgan fingerprint density at radius 1 is 1.46 bits per heavy atom. The van der Waals surface area contributed by atoms with Crippen LogP contribution in [0.1, 0.15) is 15.9 Å². The number of aromatic amines is 1. The number of H-pyrrole nitrogens is 1. The fourth-order valence-electron chi connectivity index (χ4n) is 1.56. The lowest BCUT2D eigenvalue weighted by molar-refractivity contribution is 0.100. The minimum Gasteiger partial charge on any atom is -0.366 e. The van der Waals surface area contributed by atoms with Gasteiger partial charge in [0.2, 0.25) is 5.91 Å². The highest BCUT2D eigenvalue weighted by Gasteiger charge is 2.08. The molecule has 3 N–H and O–H groups in total. The maximum Gasteiger partial charge on any atom is 0.249 e. The molecule has 3 nitrogen and oxygen atoms in total. The lowest BCUT2D eigenvalue weighted by Crippen LogP contribution is -2.11. The van der Waals surface area contributed by atoms with Crippen LogP contribution in [-0.2, 0) is 0 Å². The normalized spacial score (nSPS) is 10.5. The molecule has 13 heavy (non-hydrogen) atoms. The van der Waals surface area contributed by atoms with Gasteiger partial charge in [0.05, 0.1) is 0 Å². The van der Waals surface area contributed by atoms with Crippen LogP contribution < -0.4 is 5.73 Å². The maximum absolute atomic E-state index is 11.1. The van der Waals surface area contributed by atoms with E-state index < -0.39 is 0 Å². The van der Waals surface area contributed by atoms with E-state index in [4.69, 9.17) is 5.73 Å². The summed E-state index contributed by atoms with van der Waals surface area (Å²) >= 11 is 0. The van der Waals surface area contributed by atoms with E-state index >= 15 is 0 Å². The number of nitrogens with one attached hydrogen (secondary N) is 1. The number of hydrogen-bond donors (Lipinski definition) is 2. The van der Waals surface area contributed by atoms with E-state index in [9.17, 15) is 4.79 Å². The second kappa shape index (κ2) is 2.62. The van der Waals surface area contributed by atoms with Crippen LogP contribution >= 0.6 is 0 Å². The van der Waals surface area contributed by atoms with Gasteiger partial charge in [0, 0.05) is 22.7 Å². The minimum atomic E-state index is -0.381. The van der Waals surface area contributed by atoms with E-state index in [0.717, 1.165) is 16.5 Å². The van der Waals surface area contributed by atoms with Crippen LogP contribution in [0.3, 0.4) is 0 Å². The third-order valence-electron chi connectivity index (χ3n) is 2.17. The summed E-state index contributed by atoms with van der Waals surface area (Å²) in [4.78, 5) is 14.1. The molecule has 0 aliphatic heterocycles. The SMILES string of the molecule is Cc1c[nH]c2cccc(C(N)=O)c12. The summed E-state index contributed by atoms with van der Waals surface area (Å²) in [5.41, 5.74) is 7.83. The Labute approximate surface area is 75.6 Å². The largest absolute Gasteiger partial charge is 0.366 e. The number of nitrogens with two attached hydrogens (primary N) is 1. The van der Waals surface area contributed by atoms with Crippen LogP contribution in [-0.4, -0.2) is 10.9 Å². The quantitative estimate of drug-likeness (QED) is 0.677. The summed E-state index contributed by atoms with van der Waals surface area (Å²) in [6.07, 6.45) is 1.87. The fraction of sp³-hybridized carbons (Fsp3) is 0.100. The zero-order valence-corrected chi connectivity index (χ0v) is 7.29. The van der Waals surface area contributed by atoms with Crippen molar-refractivity contribution in [1.82, 2.24) is 4.98 Å². The molecule has 1 aromatic heterocycles. The van der Waals surface area contributed by atoms with Gasteiger partial charge in [-0.15, -0.1) is 0 Å². The Hall–Kier alpha value is -1.77. The van der Waals surface area contributed by atoms with Gasteiger partial charge in [-0.2, -0.15) is 0 Å². The molecular formula is C10H10N2O. The van der Waals surface area contributed by atoms with Crippen molar-refractivity contribution in [3.8, 4) is 0 Å². The first kappa shape index (κ1) is 7.86. The summed E-state index contributed by atoms with van der Waals surface area (Å²) in [6, 6.07) is 5.48. The monoisotopic (exact) mass is 174 g/mol. The van der Waals surface area contributed by atoms with Gasteiger partial charge in [-0.1, -0.05) is 6.07 Å². The van der Waals surface area contributed by atoms with E-state index in [1.165, 1.54) is 0 Å². The molecule has 0 aliphatic rings. The highest BCUT2D eigenvalue weighted by Crippen LogP contribution is 2.21. The Morgan fingerprint density at radius 2 is 2.23 bits per heavy atom. The third-order valence-corrected chi connectivity index (χ3v) is 2.17. The van der Waals surface area contributed by atoms with E-state index in [0.29, 0.717) is 5.56 Å². The topological polar surface area (TPSA) is 58.9 Å². The van der Waals surface area contributed by atoms with Crippen molar-refractivity contribution < 1.29 is 4.79 Å². The molecule has 0 aliphatic carbocycles. The average molecular weight is 174 g/mol. The van der Waals surface area contributed by atoms with Gasteiger partial charge in [-0.05, 0) is 24.6 Å². The van der Waals surface area contributed by atoms with Gasteiger partial charge in [0.1, 0.15) is 0 Å². The highest BCUT2D eigenvalue weighted by molar-refractivity contribution is 6.06. The van der Waals surface area contributed by atoms with Gasteiger partial charge < -0.3 is 10.7 Å². The van der Waals surface area contributed by atoms with Crippen LogP contribution in [0.4, 0.5) is 0 Å². The molecule has 0 radical (unpaired) electrons. The van der Waals surface area contributed by atoms with Crippen LogP contribution in [0, 0.1) is 6.92 Å². The number of hydrogen-bond acceptors (Lipinski definition) is 1. The predicted octanol–water partition coefficient (Wildman–Crippen LogP) is 1.58. The number of rotatable bonds is 1. The summed E-state index contributed by atoms with van der Waals surface area (Å²) in [5.74, 6) is -0.381. The fourth-order valence-corrected chi connectivity index (χ4v) is 1.56. The van der Waals surface area contributed by atoms with Crippen molar-refractivity contribution in [3.05, 3.63) is 35.5 Å². The Balaban J connectivity index is 2.88. The number of fused-ring (bicyclic) bond motifs is 1. The van der Waals surface area contributed by atoms with Gasteiger partial charge >= 0.3 is 0 Å². The molecule has 0 fully saturated rings. The van der Waals surface area contributed by atoms with Crippen molar-refractivity contribution in [2.24, 2.45) is 5.73 Å². The molecule has 0 bridgehead atoms. The van der Waals surface area contributed by atoms with Crippen LogP contribution in [0.5, 0.6) is 0 Å². The van der Waals surface area contributed by atoms with E-state index in [1.54, 1.807) is 6.07 Å². The molecule has 0 saturated heterocycles. The summed E-state index contributed by atoms with van der Waals surface area (Å²) in [7, 11) is 0. The molecule has 1 aromatic carbocycles. The lowest BCUT2D eigenvalue weighted by atomic mass is 10.1. The number of primary amides is 1. The standard InChI is InChI=1S/C10H10N2O/c1-6-5-12-8-4-2-3-7(9(6)8)10(11)13/h2-5,12H,1H3,(H2,11,13). The van der Waals surface area contributed by atoms with Crippen molar-refractivity contribution in [2.45, 2.75) is 6.92 Å². The molecule has 0 unspecified atom stereocenters. The van der Waals surface area contributed by atoms with Gasteiger partial charge in [-0.25, -0.2) is 0 Å². The second-order valence-corrected chi connectivity index (χ2v) is 3.06. The zero-order valence-electron chi connectivity index (χ0n) is 7.29. The smallest absolute Gasteiger partial charge is 0.249 e. The summed E-state index contributed by atoms with van der Waals surface area (Å²) in [5, 5.41) is 0.926. The number of amides is 1. The molecule has 0 saturated carbocycles. The first-order valence-electron chi connectivity index (χ1n) is 4.06. The Morgan fingerprint density at radius 3 is 2.92 bits per heavy atom. The Bertz CT molecular complexity index is 471. The summed E-state index contributed by atoms with van der Waals surface area (Å²) in [6.45, 7) is 1.95. The van der Waals surface area contributed by atoms with E-state index in [-0.39, 0.29) is 5.91 Å². The number of carbonyl (C=O) groups is 1. The molecule has 0 atom stereocenters. The molecule has 3 heteroatoms. The van der Waals surface area contributed by atoms with E-state index in [1.807, 2.05) is 25.3 Å². The van der Waals surface area contributed by atoms with Crippen LogP contribution in [0.2, 0.25) is 0 Å². The maximum atomic E-state index is 11.1. The predicted molar refractivity (Wildman–Crippen MR) is 51.6 cm³/mol. The van der Waals surface area contributed by atoms with Crippen molar-refractivity contribution in [2.75, 3.05) is 0 Å². The Kier molecular flexibility index (Phi) is 1.59. The zero-order chi connectivity index (χ0) is 9.42. The minimum absolute atomic E-state index is 0.381. The van der Waals surface area contributed by atoms with Crippen molar-refractivity contribution in [3.63, 3.8) is 0 Å². The van der Waals surface area contributed by atoms with Crippen LogP contribution in [0.15, 0.2) is 24.4 Å². The lowest BCUT2D eigenvalue weighted by Gasteiger charge is -1.98. The molecule has 66 valence electrons. The summed E-state index contributed by atoms with van der Waals surface area (Å²) < 4.78 is 0. The number of carbonyl (C=O) groups excluding carboxylic acids is 1. The number of benzene rings is 1. The molecule has 2 rings (SSSR count). The third kappa shape index (κ3) is 1.09. The molecule has 1 amide bonds. The molecular weight excluding hydrogens is 164 g/mol. The highest BCUT2D eigenvalue weighted by atomic mass is 16.1. The molecule has 2 aromatic rings.